The highest BCUT2D eigenvalue weighted by Gasteiger charge is 2.29. The van der Waals surface area contributed by atoms with Crippen LogP contribution in [0.25, 0.3) is 0 Å². The van der Waals surface area contributed by atoms with E-state index in [0.717, 1.165) is 29.5 Å². The molecule has 0 saturated carbocycles. The predicted molar refractivity (Wildman–Crippen MR) is 83.4 cm³/mol. The van der Waals surface area contributed by atoms with Gasteiger partial charge in [0.1, 0.15) is 11.4 Å². The van der Waals surface area contributed by atoms with Crippen LogP contribution < -0.4 is 10.1 Å². The SMILES string of the molecule is CC(F)(F)c1ncc(C(=O)NCc2cncc3c2CCO3)cc1Cl. The van der Waals surface area contributed by atoms with Gasteiger partial charge in [0.05, 0.1) is 23.4 Å². The average Bonchev–Trinajstić information content (AvgIpc) is 3.00. The van der Waals surface area contributed by atoms with Gasteiger partial charge in [0.2, 0.25) is 0 Å². The Morgan fingerprint density at radius 2 is 2.21 bits per heavy atom. The van der Waals surface area contributed by atoms with E-state index in [9.17, 15) is 13.6 Å². The number of halogens is 3. The Morgan fingerprint density at radius 3 is 2.92 bits per heavy atom. The topological polar surface area (TPSA) is 64.1 Å². The minimum absolute atomic E-state index is 0.116. The molecule has 24 heavy (non-hydrogen) atoms. The van der Waals surface area contributed by atoms with Crippen molar-refractivity contribution >= 4 is 17.5 Å². The van der Waals surface area contributed by atoms with E-state index < -0.39 is 17.5 Å². The van der Waals surface area contributed by atoms with Crippen LogP contribution in [0.5, 0.6) is 5.75 Å². The van der Waals surface area contributed by atoms with Gasteiger partial charge < -0.3 is 10.1 Å². The number of ether oxygens (including phenoxy) is 1. The lowest BCUT2D eigenvalue weighted by atomic mass is 10.1. The molecule has 0 aromatic carbocycles. The molecule has 1 aliphatic heterocycles. The van der Waals surface area contributed by atoms with Gasteiger partial charge in [-0.3, -0.25) is 14.8 Å². The molecule has 0 aliphatic carbocycles. The number of aromatic nitrogens is 2. The average molecular weight is 354 g/mol. The Hall–Kier alpha value is -2.28. The van der Waals surface area contributed by atoms with Crippen LogP contribution in [-0.2, 0) is 18.9 Å². The molecule has 1 N–H and O–H groups in total. The molecule has 1 aliphatic rings. The zero-order valence-electron chi connectivity index (χ0n) is 12.8. The number of pyridine rings is 2. The Bertz CT molecular complexity index is 793. The van der Waals surface area contributed by atoms with Crippen LogP contribution >= 0.6 is 11.6 Å². The third kappa shape index (κ3) is 3.31. The summed E-state index contributed by atoms with van der Waals surface area (Å²) in [5.74, 6) is -2.89. The number of carbonyl (C=O) groups is 1. The van der Waals surface area contributed by atoms with E-state index in [0.29, 0.717) is 13.5 Å². The fourth-order valence-electron chi connectivity index (χ4n) is 2.50. The van der Waals surface area contributed by atoms with Gasteiger partial charge >= 0.3 is 0 Å². The molecule has 2 aromatic rings. The van der Waals surface area contributed by atoms with Crippen LogP contribution in [0.2, 0.25) is 5.02 Å². The quantitative estimate of drug-likeness (QED) is 0.917. The predicted octanol–water partition coefficient (Wildman–Crippen LogP) is 3.11. The second kappa shape index (κ2) is 6.32. The molecule has 8 heteroatoms. The van der Waals surface area contributed by atoms with Gasteiger partial charge in [-0.15, -0.1) is 0 Å². The number of nitrogens with zero attached hydrogens (tertiary/aromatic N) is 2. The van der Waals surface area contributed by atoms with E-state index >= 15 is 0 Å². The molecule has 0 fully saturated rings. The monoisotopic (exact) mass is 353 g/mol. The van der Waals surface area contributed by atoms with Gasteiger partial charge in [-0.25, -0.2) is 0 Å². The fourth-order valence-corrected chi connectivity index (χ4v) is 2.83. The van der Waals surface area contributed by atoms with Crippen LogP contribution in [-0.4, -0.2) is 22.5 Å². The molecule has 0 spiro atoms. The summed E-state index contributed by atoms with van der Waals surface area (Å²) in [7, 11) is 0. The zero-order valence-corrected chi connectivity index (χ0v) is 13.5. The first-order valence-electron chi connectivity index (χ1n) is 7.27. The molecule has 3 heterocycles. The van der Waals surface area contributed by atoms with Gasteiger partial charge in [-0.2, -0.15) is 8.78 Å². The maximum absolute atomic E-state index is 13.3. The number of rotatable bonds is 4. The van der Waals surface area contributed by atoms with Gasteiger partial charge in [-0.1, -0.05) is 11.6 Å². The van der Waals surface area contributed by atoms with E-state index in [2.05, 4.69) is 15.3 Å². The molecule has 0 bridgehead atoms. The van der Waals surface area contributed by atoms with Crippen molar-refractivity contribution in [2.75, 3.05) is 6.61 Å². The van der Waals surface area contributed by atoms with Crippen molar-refractivity contribution in [3.8, 4) is 5.75 Å². The van der Waals surface area contributed by atoms with E-state index in [-0.39, 0.29) is 17.1 Å². The third-order valence-electron chi connectivity index (χ3n) is 3.68. The van der Waals surface area contributed by atoms with E-state index in [1.165, 1.54) is 6.07 Å². The Balaban J connectivity index is 1.72. The maximum Gasteiger partial charge on any atom is 0.288 e. The molecule has 0 radical (unpaired) electrons. The number of hydrogen-bond acceptors (Lipinski definition) is 4. The number of nitrogens with one attached hydrogen (secondary N) is 1. The number of hydrogen-bond donors (Lipinski definition) is 1. The first kappa shape index (κ1) is 16.6. The van der Waals surface area contributed by atoms with E-state index in [1.807, 2.05) is 0 Å². The molecule has 1 amide bonds. The molecule has 126 valence electrons. The number of carbonyl (C=O) groups excluding carboxylic acids is 1. The normalized spacial score (nSPS) is 13.3. The third-order valence-corrected chi connectivity index (χ3v) is 3.96. The van der Waals surface area contributed by atoms with Crippen LogP contribution in [0.15, 0.2) is 24.7 Å². The van der Waals surface area contributed by atoms with Crippen LogP contribution in [0.4, 0.5) is 8.78 Å². The van der Waals surface area contributed by atoms with Crippen molar-refractivity contribution < 1.29 is 18.3 Å². The van der Waals surface area contributed by atoms with Crippen molar-refractivity contribution in [1.82, 2.24) is 15.3 Å². The molecule has 0 unspecified atom stereocenters. The van der Waals surface area contributed by atoms with E-state index in [1.54, 1.807) is 12.4 Å². The largest absolute Gasteiger partial charge is 0.491 e. The minimum atomic E-state index is -3.16. The molecule has 0 saturated heterocycles. The highest BCUT2D eigenvalue weighted by molar-refractivity contribution is 6.31. The standard InChI is InChI=1S/C16H14ClF2N3O2/c1-16(18,19)14-12(17)4-9(6-21-14)15(23)22-7-10-5-20-8-13-11(10)2-3-24-13/h4-6,8H,2-3,7H2,1H3,(H,22,23). The summed E-state index contributed by atoms with van der Waals surface area (Å²) in [5.41, 5.74) is 1.43. The maximum atomic E-state index is 13.3. The highest BCUT2D eigenvalue weighted by Crippen LogP contribution is 2.31. The van der Waals surface area contributed by atoms with Crippen LogP contribution in [0.1, 0.15) is 34.1 Å². The first-order chi connectivity index (χ1) is 11.4. The minimum Gasteiger partial charge on any atom is -0.491 e. The summed E-state index contributed by atoms with van der Waals surface area (Å²) in [5, 5.41) is 2.47. The summed E-state index contributed by atoms with van der Waals surface area (Å²) >= 11 is 5.80. The number of alkyl halides is 2. The molecular weight excluding hydrogens is 340 g/mol. The fraction of sp³-hybridized carbons (Fsp3) is 0.312. The van der Waals surface area contributed by atoms with Crippen molar-refractivity contribution in [2.24, 2.45) is 0 Å². The zero-order chi connectivity index (χ0) is 17.3. The second-order valence-electron chi connectivity index (χ2n) is 5.50. The molecule has 5 nitrogen and oxygen atoms in total. The Morgan fingerprint density at radius 1 is 1.42 bits per heavy atom. The van der Waals surface area contributed by atoms with Crippen molar-refractivity contribution in [1.29, 1.82) is 0 Å². The van der Waals surface area contributed by atoms with Gasteiger partial charge in [-0.05, 0) is 11.6 Å². The second-order valence-corrected chi connectivity index (χ2v) is 5.91. The van der Waals surface area contributed by atoms with Crippen LogP contribution in [0.3, 0.4) is 0 Å². The highest BCUT2D eigenvalue weighted by atomic mass is 35.5. The van der Waals surface area contributed by atoms with E-state index in [4.69, 9.17) is 16.3 Å². The van der Waals surface area contributed by atoms with Gasteiger partial charge in [0, 0.05) is 37.8 Å². The van der Waals surface area contributed by atoms with Crippen molar-refractivity contribution in [2.45, 2.75) is 25.8 Å². The lowest BCUT2D eigenvalue weighted by molar-refractivity contribution is 0.0128. The van der Waals surface area contributed by atoms with Gasteiger partial charge in [0.25, 0.3) is 11.8 Å². The first-order valence-corrected chi connectivity index (χ1v) is 7.64. The lowest BCUT2D eigenvalue weighted by Gasteiger charge is -2.12. The summed E-state index contributed by atoms with van der Waals surface area (Å²) in [6, 6.07) is 1.19. The lowest BCUT2D eigenvalue weighted by Crippen LogP contribution is -2.24. The van der Waals surface area contributed by atoms with Crippen molar-refractivity contribution in [3.63, 3.8) is 0 Å². The van der Waals surface area contributed by atoms with Gasteiger partial charge in [0.15, 0.2) is 0 Å². The molecule has 2 aromatic heterocycles. The Kier molecular flexibility index (Phi) is 4.36. The smallest absolute Gasteiger partial charge is 0.288 e. The summed E-state index contributed by atoms with van der Waals surface area (Å²) in [6.45, 7) is 1.54. The summed E-state index contributed by atoms with van der Waals surface area (Å²) < 4.78 is 32.0. The van der Waals surface area contributed by atoms with Crippen molar-refractivity contribution in [3.05, 3.63) is 52.1 Å². The summed E-state index contributed by atoms with van der Waals surface area (Å²) in [6.07, 6.45) is 5.15. The summed E-state index contributed by atoms with van der Waals surface area (Å²) in [4.78, 5) is 19.9. The number of amides is 1. The molecule has 3 rings (SSSR count). The molecular formula is C16H14ClF2N3O2. The molecule has 0 atom stereocenters. The Labute approximate surface area is 142 Å². The van der Waals surface area contributed by atoms with Crippen LogP contribution in [0, 0.1) is 0 Å². The number of fused-ring (bicyclic) bond motifs is 1.